The largest absolute Gasteiger partial charge is 0.369 e. The van der Waals surface area contributed by atoms with Gasteiger partial charge in [-0.15, -0.1) is 0 Å². The van der Waals surface area contributed by atoms with Gasteiger partial charge in [-0.3, -0.25) is 4.90 Å². The molecule has 0 bridgehead atoms. The molecule has 1 aliphatic heterocycles. The number of benzene rings is 2. The monoisotopic (exact) mass is 387 g/mol. The molecule has 1 saturated heterocycles. The van der Waals surface area contributed by atoms with E-state index in [9.17, 15) is 8.42 Å². The molecule has 27 heavy (non-hydrogen) atoms. The molecule has 1 N–H and O–H groups in total. The highest BCUT2D eigenvalue weighted by Crippen LogP contribution is 2.19. The highest BCUT2D eigenvalue weighted by atomic mass is 32.2. The van der Waals surface area contributed by atoms with Gasteiger partial charge < -0.3 is 4.90 Å². The lowest BCUT2D eigenvalue weighted by atomic mass is 10.2. The van der Waals surface area contributed by atoms with Crippen LogP contribution in [0.1, 0.15) is 0 Å². The molecule has 1 fully saturated rings. The quantitative estimate of drug-likeness (QED) is 0.682. The number of aromatic nitrogens is 2. The lowest BCUT2D eigenvalue weighted by molar-refractivity contribution is 0.262. The van der Waals surface area contributed by atoms with Gasteiger partial charge in [-0.1, -0.05) is 24.3 Å². The van der Waals surface area contributed by atoms with Gasteiger partial charge in [0.2, 0.25) is 10.0 Å². The molecule has 0 unspecified atom stereocenters. The zero-order chi connectivity index (χ0) is 18.7. The lowest BCUT2D eigenvalue weighted by Gasteiger charge is -2.36. The SMILES string of the molecule is O=S(=O)(NCCN1CCN(c2ccccc2)CC1)c1cccc2nonc12. The molecule has 2 aromatic carbocycles. The number of anilines is 1. The molecule has 0 spiro atoms. The van der Waals surface area contributed by atoms with Crippen LogP contribution in [0, 0.1) is 0 Å². The number of para-hydroxylation sites is 1. The Kier molecular flexibility index (Phi) is 5.06. The topological polar surface area (TPSA) is 91.6 Å². The maximum Gasteiger partial charge on any atom is 0.242 e. The van der Waals surface area contributed by atoms with Gasteiger partial charge in [0.15, 0.2) is 5.52 Å². The fraction of sp³-hybridized carbons (Fsp3) is 0.333. The maximum absolute atomic E-state index is 12.6. The summed E-state index contributed by atoms with van der Waals surface area (Å²) in [5, 5.41) is 7.39. The Balaban J connectivity index is 1.31. The molecule has 0 aliphatic carbocycles. The first kappa shape index (κ1) is 17.9. The Morgan fingerprint density at radius 3 is 2.52 bits per heavy atom. The van der Waals surface area contributed by atoms with Crippen molar-refractivity contribution in [3.05, 3.63) is 48.5 Å². The normalized spacial score (nSPS) is 16.1. The number of fused-ring (bicyclic) bond motifs is 1. The summed E-state index contributed by atoms with van der Waals surface area (Å²) in [6.07, 6.45) is 0. The fourth-order valence-corrected chi connectivity index (χ4v) is 4.45. The van der Waals surface area contributed by atoms with Gasteiger partial charge in [0.05, 0.1) is 0 Å². The van der Waals surface area contributed by atoms with Crippen LogP contribution in [0.2, 0.25) is 0 Å². The van der Waals surface area contributed by atoms with E-state index in [0.29, 0.717) is 18.6 Å². The number of hydrogen-bond acceptors (Lipinski definition) is 7. The molecule has 0 amide bonds. The first-order valence-electron chi connectivity index (χ1n) is 8.87. The number of hydrogen-bond donors (Lipinski definition) is 1. The van der Waals surface area contributed by atoms with Crippen LogP contribution in [0.4, 0.5) is 5.69 Å². The second kappa shape index (κ2) is 7.63. The van der Waals surface area contributed by atoms with Crippen LogP contribution < -0.4 is 9.62 Å². The molecule has 9 heteroatoms. The second-order valence-electron chi connectivity index (χ2n) is 6.45. The molecule has 1 aliphatic rings. The highest BCUT2D eigenvalue weighted by Gasteiger charge is 2.21. The summed E-state index contributed by atoms with van der Waals surface area (Å²) in [7, 11) is -3.66. The van der Waals surface area contributed by atoms with Crippen LogP contribution in [-0.2, 0) is 10.0 Å². The van der Waals surface area contributed by atoms with E-state index in [-0.39, 0.29) is 10.4 Å². The minimum absolute atomic E-state index is 0.0927. The second-order valence-corrected chi connectivity index (χ2v) is 8.19. The van der Waals surface area contributed by atoms with Gasteiger partial charge in [0, 0.05) is 45.0 Å². The average molecular weight is 387 g/mol. The van der Waals surface area contributed by atoms with Crippen molar-refractivity contribution in [1.82, 2.24) is 19.9 Å². The zero-order valence-electron chi connectivity index (χ0n) is 14.8. The molecule has 8 nitrogen and oxygen atoms in total. The molecule has 0 saturated carbocycles. The minimum Gasteiger partial charge on any atom is -0.369 e. The molecule has 2 heterocycles. The van der Waals surface area contributed by atoms with E-state index in [1.165, 1.54) is 11.8 Å². The van der Waals surface area contributed by atoms with Crippen molar-refractivity contribution >= 4 is 26.7 Å². The van der Waals surface area contributed by atoms with E-state index < -0.39 is 10.0 Å². The van der Waals surface area contributed by atoms with Gasteiger partial charge in [0.1, 0.15) is 10.4 Å². The van der Waals surface area contributed by atoms with Crippen molar-refractivity contribution in [3.8, 4) is 0 Å². The third-order valence-corrected chi connectivity index (χ3v) is 6.24. The predicted molar refractivity (Wildman–Crippen MR) is 102 cm³/mol. The summed E-state index contributed by atoms with van der Waals surface area (Å²) in [4.78, 5) is 4.70. The minimum atomic E-state index is -3.66. The summed E-state index contributed by atoms with van der Waals surface area (Å²) in [5.74, 6) is 0. The van der Waals surface area contributed by atoms with Gasteiger partial charge in [-0.2, -0.15) is 0 Å². The van der Waals surface area contributed by atoms with Crippen molar-refractivity contribution in [2.45, 2.75) is 4.90 Å². The van der Waals surface area contributed by atoms with Crippen LogP contribution in [0.3, 0.4) is 0 Å². The van der Waals surface area contributed by atoms with E-state index in [0.717, 1.165) is 26.2 Å². The summed E-state index contributed by atoms with van der Waals surface area (Å²) < 4.78 is 32.4. The Hall–Kier alpha value is -2.49. The van der Waals surface area contributed by atoms with Gasteiger partial charge in [-0.25, -0.2) is 17.8 Å². The number of nitrogens with one attached hydrogen (secondary N) is 1. The van der Waals surface area contributed by atoms with Gasteiger partial charge in [0.25, 0.3) is 0 Å². The van der Waals surface area contributed by atoms with E-state index >= 15 is 0 Å². The summed E-state index contributed by atoms with van der Waals surface area (Å²) in [6, 6.07) is 15.1. The van der Waals surface area contributed by atoms with Crippen molar-refractivity contribution in [2.24, 2.45) is 0 Å². The van der Waals surface area contributed by atoms with Crippen LogP contribution in [0.5, 0.6) is 0 Å². The van der Waals surface area contributed by atoms with E-state index in [1.54, 1.807) is 12.1 Å². The fourth-order valence-electron chi connectivity index (χ4n) is 3.28. The number of sulfonamides is 1. The number of piperazine rings is 1. The van der Waals surface area contributed by atoms with Crippen LogP contribution in [0.25, 0.3) is 11.0 Å². The first-order chi connectivity index (χ1) is 13.1. The third kappa shape index (κ3) is 3.95. The molecular formula is C18H21N5O3S. The van der Waals surface area contributed by atoms with Gasteiger partial charge >= 0.3 is 0 Å². The van der Waals surface area contributed by atoms with Crippen molar-refractivity contribution < 1.29 is 13.0 Å². The molecular weight excluding hydrogens is 366 g/mol. The van der Waals surface area contributed by atoms with Crippen LogP contribution in [0.15, 0.2) is 58.1 Å². The van der Waals surface area contributed by atoms with Crippen molar-refractivity contribution in [1.29, 1.82) is 0 Å². The van der Waals surface area contributed by atoms with Crippen molar-refractivity contribution in [2.75, 3.05) is 44.2 Å². The Bertz CT molecular complexity index is 998. The summed E-state index contributed by atoms with van der Waals surface area (Å²) >= 11 is 0. The predicted octanol–water partition coefficient (Wildman–Crippen LogP) is 1.32. The Morgan fingerprint density at radius 2 is 1.74 bits per heavy atom. The molecule has 0 atom stereocenters. The standard InChI is InChI=1S/C18H21N5O3S/c24-27(25,17-8-4-7-16-18(17)21-26-20-16)19-9-10-22-11-13-23(14-12-22)15-5-2-1-3-6-15/h1-8,19H,9-14H2. The van der Waals surface area contributed by atoms with Crippen molar-refractivity contribution in [3.63, 3.8) is 0 Å². The molecule has 3 aromatic rings. The van der Waals surface area contributed by atoms with E-state index in [2.05, 4.69) is 41.6 Å². The molecule has 0 radical (unpaired) electrons. The summed E-state index contributed by atoms with van der Waals surface area (Å²) in [5.41, 5.74) is 1.91. The van der Waals surface area contributed by atoms with Crippen LogP contribution in [-0.4, -0.2) is 62.9 Å². The van der Waals surface area contributed by atoms with Crippen LogP contribution >= 0.6 is 0 Å². The average Bonchev–Trinajstić information content (AvgIpc) is 3.18. The highest BCUT2D eigenvalue weighted by molar-refractivity contribution is 7.89. The Morgan fingerprint density at radius 1 is 0.963 bits per heavy atom. The number of rotatable bonds is 6. The first-order valence-corrected chi connectivity index (χ1v) is 10.4. The zero-order valence-corrected chi connectivity index (χ0v) is 15.6. The lowest BCUT2D eigenvalue weighted by Crippen LogP contribution is -2.48. The molecule has 1 aromatic heterocycles. The third-order valence-electron chi connectivity index (χ3n) is 4.75. The Labute approximate surface area is 157 Å². The van der Waals surface area contributed by atoms with E-state index in [1.807, 2.05) is 18.2 Å². The van der Waals surface area contributed by atoms with Gasteiger partial charge in [-0.05, 0) is 34.6 Å². The summed E-state index contributed by atoms with van der Waals surface area (Å²) in [6.45, 7) is 4.67. The van der Waals surface area contributed by atoms with E-state index in [4.69, 9.17) is 0 Å². The maximum atomic E-state index is 12.6. The number of nitrogens with zero attached hydrogens (tertiary/aromatic N) is 4. The molecule has 142 valence electrons. The molecule has 4 rings (SSSR count). The smallest absolute Gasteiger partial charge is 0.242 e.